The Hall–Kier alpha value is -3.60. The fraction of sp³-hybridized carbons (Fsp3) is 0.240. The van der Waals surface area contributed by atoms with Crippen molar-refractivity contribution in [2.45, 2.75) is 4.90 Å². The number of methoxy groups -OCH3 is 1. The molecule has 3 aromatic carbocycles. The van der Waals surface area contributed by atoms with Gasteiger partial charge in [-0.2, -0.15) is 4.31 Å². The standard InChI is InChI=1S/C25H26N2O7S/c1-31-24-11-10-22(35(29,30)27-12-14-32-15-13-27)17-23(24)26-25(28)18-33-20-8-5-9-21(16-20)34-19-6-3-2-4-7-19/h2-11,16-17H,12-15,18H2,1H3,(H,26,28). The number of nitrogens with zero attached hydrogens (tertiary/aromatic N) is 1. The van der Waals surface area contributed by atoms with Gasteiger partial charge in [-0.25, -0.2) is 8.42 Å². The Morgan fingerprint density at radius 1 is 0.943 bits per heavy atom. The molecule has 0 aliphatic carbocycles. The van der Waals surface area contributed by atoms with Crippen molar-refractivity contribution < 1.29 is 32.2 Å². The van der Waals surface area contributed by atoms with E-state index in [1.54, 1.807) is 24.3 Å². The zero-order chi connectivity index (χ0) is 24.7. The van der Waals surface area contributed by atoms with Crippen LogP contribution in [0, 0.1) is 0 Å². The van der Waals surface area contributed by atoms with Gasteiger partial charge in [0.05, 0.1) is 30.9 Å². The Kier molecular flexibility index (Phi) is 7.86. The molecule has 1 saturated heterocycles. The van der Waals surface area contributed by atoms with Crippen molar-refractivity contribution in [3.63, 3.8) is 0 Å². The zero-order valence-electron chi connectivity index (χ0n) is 19.2. The quantitative estimate of drug-likeness (QED) is 0.481. The summed E-state index contributed by atoms with van der Waals surface area (Å²) in [5, 5.41) is 2.67. The van der Waals surface area contributed by atoms with Crippen molar-refractivity contribution in [3.05, 3.63) is 72.8 Å². The van der Waals surface area contributed by atoms with Crippen LogP contribution >= 0.6 is 0 Å². The van der Waals surface area contributed by atoms with E-state index in [1.807, 2.05) is 30.3 Å². The number of hydrogen-bond donors (Lipinski definition) is 1. The molecular weight excluding hydrogens is 472 g/mol. The first-order valence-corrected chi connectivity index (χ1v) is 12.4. The molecular formula is C25H26N2O7S. The van der Waals surface area contributed by atoms with Gasteiger partial charge in [-0.1, -0.05) is 24.3 Å². The maximum atomic E-state index is 13.0. The molecule has 184 valence electrons. The summed E-state index contributed by atoms with van der Waals surface area (Å²) in [4.78, 5) is 12.7. The number of hydrogen-bond acceptors (Lipinski definition) is 7. The molecule has 1 aliphatic rings. The van der Waals surface area contributed by atoms with E-state index in [0.29, 0.717) is 36.2 Å². The van der Waals surface area contributed by atoms with Crippen molar-refractivity contribution in [2.24, 2.45) is 0 Å². The third-order valence-corrected chi connectivity index (χ3v) is 7.10. The van der Waals surface area contributed by atoms with Crippen molar-refractivity contribution in [3.8, 4) is 23.0 Å². The van der Waals surface area contributed by atoms with Gasteiger partial charge in [0, 0.05) is 19.2 Å². The number of rotatable bonds is 9. The first-order valence-electron chi connectivity index (χ1n) is 11.0. The molecule has 4 rings (SSSR count). The second kappa shape index (κ2) is 11.2. The van der Waals surface area contributed by atoms with Crippen LogP contribution in [-0.2, 0) is 19.6 Å². The number of sulfonamides is 1. The average Bonchev–Trinajstić information content (AvgIpc) is 2.89. The van der Waals surface area contributed by atoms with Crippen LogP contribution in [-0.4, -0.2) is 58.7 Å². The molecule has 1 amide bonds. The van der Waals surface area contributed by atoms with Gasteiger partial charge in [0.2, 0.25) is 10.0 Å². The molecule has 1 aliphatic heterocycles. The Balaban J connectivity index is 1.41. The molecule has 1 heterocycles. The predicted molar refractivity (Wildman–Crippen MR) is 130 cm³/mol. The van der Waals surface area contributed by atoms with Gasteiger partial charge >= 0.3 is 0 Å². The molecule has 0 radical (unpaired) electrons. The van der Waals surface area contributed by atoms with Gasteiger partial charge in [0.1, 0.15) is 23.0 Å². The molecule has 0 saturated carbocycles. The normalized spacial score (nSPS) is 14.2. The number of para-hydroxylation sites is 1. The van der Waals surface area contributed by atoms with E-state index in [2.05, 4.69) is 5.32 Å². The van der Waals surface area contributed by atoms with E-state index < -0.39 is 15.9 Å². The Bertz CT molecular complexity index is 1260. The molecule has 0 aromatic heterocycles. The average molecular weight is 499 g/mol. The Morgan fingerprint density at radius 3 is 2.40 bits per heavy atom. The predicted octanol–water partition coefficient (Wildman–Crippen LogP) is 3.53. The van der Waals surface area contributed by atoms with Crippen molar-refractivity contribution in [1.82, 2.24) is 4.31 Å². The maximum Gasteiger partial charge on any atom is 0.262 e. The molecule has 0 bridgehead atoms. The molecule has 1 fully saturated rings. The van der Waals surface area contributed by atoms with Gasteiger partial charge in [-0.3, -0.25) is 4.79 Å². The molecule has 3 aromatic rings. The van der Waals surface area contributed by atoms with E-state index in [9.17, 15) is 13.2 Å². The summed E-state index contributed by atoms with van der Waals surface area (Å²) in [6.45, 7) is 0.939. The van der Waals surface area contributed by atoms with Crippen molar-refractivity contribution in [2.75, 3.05) is 45.3 Å². The topological polar surface area (TPSA) is 103 Å². The molecule has 1 N–H and O–H groups in total. The lowest BCUT2D eigenvalue weighted by Gasteiger charge is -2.26. The summed E-state index contributed by atoms with van der Waals surface area (Å²) < 4.78 is 49.2. The molecule has 0 unspecified atom stereocenters. The highest BCUT2D eigenvalue weighted by molar-refractivity contribution is 7.89. The first kappa shape index (κ1) is 24.5. The molecule has 35 heavy (non-hydrogen) atoms. The van der Waals surface area contributed by atoms with E-state index in [0.717, 1.165) is 0 Å². The minimum atomic E-state index is -3.73. The highest BCUT2D eigenvalue weighted by Crippen LogP contribution is 2.29. The summed E-state index contributed by atoms with van der Waals surface area (Å²) >= 11 is 0. The number of carbonyl (C=O) groups is 1. The van der Waals surface area contributed by atoms with E-state index in [1.165, 1.54) is 29.6 Å². The highest BCUT2D eigenvalue weighted by Gasteiger charge is 2.27. The Labute approximate surface area is 204 Å². The van der Waals surface area contributed by atoms with Gasteiger partial charge in [-0.15, -0.1) is 0 Å². The minimum Gasteiger partial charge on any atom is -0.495 e. The van der Waals surface area contributed by atoms with Crippen molar-refractivity contribution >= 4 is 21.6 Å². The van der Waals surface area contributed by atoms with Crippen LogP contribution in [0.2, 0.25) is 0 Å². The van der Waals surface area contributed by atoms with Crippen LogP contribution in [0.5, 0.6) is 23.0 Å². The van der Waals surface area contributed by atoms with Crippen LogP contribution < -0.4 is 19.5 Å². The van der Waals surface area contributed by atoms with E-state index >= 15 is 0 Å². The first-order chi connectivity index (χ1) is 17.0. The third-order valence-electron chi connectivity index (χ3n) is 5.21. The molecule has 0 spiro atoms. The lowest BCUT2D eigenvalue weighted by atomic mass is 10.3. The van der Waals surface area contributed by atoms with E-state index in [4.69, 9.17) is 18.9 Å². The monoisotopic (exact) mass is 498 g/mol. The highest BCUT2D eigenvalue weighted by atomic mass is 32.2. The van der Waals surface area contributed by atoms with Crippen molar-refractivity contribution in [1.29, 1.82) is 0 Å². The van der Waals surface area contributed by atoms with Gasteiger partial charge < -0.3 is 24.3 Å². The van der Waals surface area contributed by atoms with Crippen LogP contribution in [0.15, 0.2) is 77.7 Å². The number of nitrogens with one attached hydrogen (secondary N) is 1. The lowest BCUT2D eigenvalue weighted by molar-refractivity contribution is -0.118. The zero-order valence-corrected chi connectivity index (χ0v) is 20.0. The summed E-state index contributed by atoms with van der Waals surface area (Å²) in [5.41, 5.74) is 0.233. The minimum absolute atomic E-state index is 0.0576. The number of carbonyl (C=O) groups excluding carboxylic acids is 1. The van der Waals surface area contributed by atoms with Gasteiger partial charge in [0.15, 0.2) is 6.61 Å². The smallest absolute Gasteiger partial charge is 0.262 e. The maximum absolute atomic E-state index is 13.0. The van der Waals surface area contributed by atoms with Crippen LogP contribution in [0.3, 0.4) is 0 Å². The number of anilines is 1. The second-order valence-corrected chi connectivity index (χ2v) is 9.54. The summed E-state index contributed by atoms with van der Waals surface area (Å²) in [7, 11) is -2.29. The fourth-order valence-corrected chi connectivity index (χ4v) is 4.90. The largest absolute Gasteiger partial charge is 0.495 e. The molecule has 10 heteroatoms. The third kappa shape index (κ3) is 6.30. The van der Waals surface area contributed by atoms with Gasteiger partial charge in [0.25, 0.3) is 5.91 Å². The Morgan fingerprint density at radius 2 is 1.66 bits per heavy atom. The number of ether oxygens (including phenoxy) is 4. The van der Waals surface area contributed by atoms with E-state index in [-0.39, 0.29) is 30.3 Å². The lowest BCUT2D eigenvalue weighted by Crippen LogP contribution is -2.40. The van der Waals surface area contributed by atoms with Crippen LogP contribution in [0.25, 0.3) is 0 Å². The number of amides is 1. The number of benzene rings is 3. The molecule has 0 atom stereocenters. The summed E-state index contributed by atoms with van der Waals surface area (Å²) in [6, 6.07) is 20.6. The van der Waals surface area contributed by atoms with Crippen LogP contribution in [0.1, 0.15) is 0 Å². The SMILES string of the molecule is COc1ccc(S(=O)(=O)N2CCOCC2)cc1NC(=O)COc1cccc(Oc2ccccc2)c1. The van der Waals surface area contributed by atoms with Crippen LogP contribution in [0.4, 0.5) is 5.69 Å². The number of morpholine rings is 1. The van der Waals surface area contributed by atoms with Gasteiger partial charge in [-0.05, 0) is 42.5 Å². The molecule has 9 nitrogen and oxygen atoms in total. The fourth-order valence-electron chi connectivity index (χ4n) is 3.47. The second-order valence-electron chi connectivity index (χ2n) is 7.61. The summed E-state index contributed by atoms with van der Waals surface area (Å²) in [5.74, 6) is 1.55. The summed E-state index contributed by atoms with van der Waals surface area (Å²) in [6.07, 6.45) is 0.